The molecule has 4 rings (SSSR count). The molecule has 30 heavy (non-hydrogen) atoms. The molecule has 1 aromatic heterocycles. The van der Waals surface area contributed by atoms with Crippen LogP contribution in [-0.4, -0.2) is 32.6 Å². The molecule has 11 heteroatoms. The number of amides is 2. The summed E-state index contributed by atoms with van der Waals surface area (Å²) >= 11 is 5.75. The van der Waals surface area contributed by atoms with Crippen molar-refractivity contribution in [2.75, 3.05) is 0 Å². The van der Waals surface area contributed by atoms with Crippen molar-refractivity contribution in [1.82, 2.24) is 14.8 Å². The van der Waals surface area contributed by atoms with E-state index >= 15 is 0 Å². The molecular formula is C19H9ClF3N3O4. The Morgan fingerprint density at radius 3 is 2.07 bits per heavy atom. The van der Waals surface area contributed by atoms with Crippen molar-refractivity contribution in [3.05, 3.63) is 82.1 Å². The highest BCUT2D eigenvalue weighted by Crippen LogP contribution is 2.34. The van der Waals surface area contributed by atoms with Gasteiger partial charge in [-0.3, -0.25) is 9.59 Å². The Balaban J connectivity index is 1.69. The van der Waals surface area contributed by atoms with Crippen LogP contribution in [0.25, 0.3) is 5.69 Å². The van der Waals surface area contributed by atoms with Crippen molar-refractivity contribution in [2.24, 2.45) is 0 Å². The van der Waals surface area contributed by atoms with Crippen molar-refractivity contribution in [3.8, 4) is 5.69 Å². The van der Waals surface area contributed by atoms with Crippen LogP contribution < -0.4 is 0 Å². The zero-order chi connectivity index (χ0) is 21.6. The lowest BCUT2D eigenvalue weighted by atomic mass is 10.1. The van der Waals surface area contributed by atoms with Gasteiger partial charge in [0.15, 0.2) is 5.69 Å². The maximum absolute atomic E-state index is 13.7. The van der Waals surface area contributed by atoms with Crippen LogP contribution in [0.5, 0.6) is 0 Å². The summed E-state index contributed by atoms with van der Waals surface area (Å²) < 4.78 is 41.6. The molecular weight excluding hydrogens is 427 g/mol. The van der Waals surface area contributed by atoms with Gasteiger partial charge in [-0.1, -0.05) is 28.8 Å². The topological polar surface area (TPSA) is 81.5 Å². The number of alkyl halides is 3. The van der Waals surface area contributed by atoms with Crippen LogP contribution in [0.4, 0.5) is 13.2 Å². The maximum atomic E-state index is 13.7. The van der Waals surface area contributed by atoms with E-state index in [1.165, 1.54) is 48.5 Å². The molecule has 0 fully saturated rings. The Bertz CT molecular complexity index is 1150. The van der Waals surface area contributed by atoms with E-state index < -0.39 is 35.2 Å². The number of aromatic nitrogens is 2. The van der Waals surface area contributed by atoms with Crippen molar-refractivity contribution >= 4 is 29.4 Å². The molecule has 2 amide bonds. The first-order valence-corrected chi connectivity index (χ1v) is 8.67. The predicted molar refractivity (Wildman–Crippen MR) is 95.9 cm³/mol. The molecule has 0 N–H and O–H groups in total. The van der Waals surface area contributed by atoms with Crippen molar-refractivity contribution in [3.63, 3.8) is 0 Å². The number of halogens is 4. The van der Waals surface area contributed by atoms with Gasteiger partial charge in [-0.25, -0.2) is 9.48 Å². The number of carbonyl (C=O) groups excluding carboxylic acids is 3. The molecule has 0 atom stereocenters. The minimum absolute atomic E-state index is 0.00787. The van der Waals surface area contributed by atoms with Gasteiger partial charge >= 0.3 is 12.1 Å². The van der Waals surface area contributed by atoms with Gasteiger partial charge in [0.05, 0.1) is 23.0 Å². The fourth-order valence-corrected chi connectivity index (χ4v) is 3.06. The van der Waals surface area contributed by atoms with Gasteiger partial charge in [-0.05, 0) is 36.4 Å². The summed E-state index contributed by atoms with van der Waals surface area (Å²) in [5.41, 5.74) is -2.45. The first-order chi connectivity index (χ1) is 14.2. The highest BCUT2D eigenvalue weighted by Gasteiger charge is 2.44. The molecule has 7 nitrogen and oxygen atoms in total. The summed E-state index contributed by atoms with van der Waals surface area (Å²) in [5, 5.41) is 4.05. The molecule has 0 aliphatic carbocycles. The summed E-state index contributed by atoms with van der Waals surface area (Å²) in [4.78, 5) is 41.8. The Kier molecular flexibility index (Phi) is 4.58. The van der Waals surface area contributed by atoms with E-state index in [-0.39, 0.29) is 21.9 Å². The predicted octanol–water partition coefficient (Wildman–Crippen LogP) is 3.91. The van der Waals surface area contributed by atoms with E-state index in [0.29, 0.717) is 15.9 Å². The molecule has 2 aromatic carbocycles. The molecule has 1 aliphatic heterocycles. The third kappa shape index (κ3) is 3.20. The molecule has 0 saturated heterocycles. The Morgan fingerprint density at radius 2 is 1.53 bits per heavy atom. The van der Waals surface area contributed by atoms with Gasteiger partial charge in [-0.2, -0.15) is 18.3 Å². The number of carbonyl (C=O) groups is 3. The Morgan fingerprint density at radius 1 is 0.967 bits per heavy atom. The number of benzene rings is 2. The molecule has 0 unspecified atom stereocenters. The van der Waals surface area contributed by atoms with Gasteiger partial charge in [0.1, 0.15) is 5.56 Å². The van der Waals surface area contributed by atoms with Gasteiger partial charge in [-0.15, -0.1) is 0 Å². The molecule has 0 saturated carbocycles. The third-order valence-corrected chi connectivity index (χ3v) is 4.51. The van der Waals surface area contributed by atoms with Gasteiger partial charge in [0, 0.05) is 5.02 Å². The van der Waals surface area contributed by atoms with E-state index in [2.05, 4.69) is 5.10 Å². The Labute approximate surface area is 171 Å². The Hall–Kier alpha value is -3.66. The van der Waals surface area contributed by atoms with Gasteiger partial charge in [0.25, 0.3) is 11.8 Å². The molecule has 1 aliphatic rings. The molecule has 0 bridgehead atoms. The van der Waals surface area contributed by atoms with E-state index in [1.54, 1.807) is 0 Å². The zero-order valence-corrected chi connectivity index (χ0v) is 15.4. The van der Waals surface area contributed by atoms with Crippen LogP contribution in [0.1, 0.15) is 36.8 Å². The lowest BCUT2D eigenvalue weighted by Gasteiger charge is -2.15. The lowest BCUT2D eigenvalue weighted by Crippen LogP contribution is -2.33. The number of hydroxylamine groups is 2. The smallest absolute Gasteiger partial charge is 0.324 e. The second kappa shape index (κ2) is 6.99. The average molecular weight is 436 g/mol. The molecule has 152 valence electrons. The minimum atomic E-state index is -4.99. The average Bonchev–Trinajstić information content (AvgIpc) is 3.25. The van der Waals surface area contributed by atoms with Crippen molar-refractivity contribution in [1.29, 1.82) is 0 Å². The first kappa shape index (κ1) is 19.6. The standard InChI is InChI=1S/C19H9ClF3N3O4/c20-10-5-7-11(8-6-10)25-15(19(21,22)23)14(9-24-25)18(29)30-26-16(27)12-3-1-2-4-13(12)17(26)28/h1-9H. The lowest BCUT2D eigenvalue weighted by molar-refractivity contribution is -0.143. The SMILES string of the molecule is O=C(ON1C(=O)c2ccccc2C1=O)c1cnn(-c2ccc(Cl)cc2)c1C(F)(F)F. The summed E-state index contributed by atoms with van der Waals surface area (Å²) in [7, 11) is 0. The zero-order valence-electron chi connectivity index (χ0n) is 14.7. The largest absolute Gasteiger partial charge is 0.434 e. The van der Waals surface area contributed by atoms with E-state index in [9.17, 15) is 27.6 Å². The second-order valence-corrected chi connectivity index (χ2v) is 6.56. The normalized spacial score (nSPS) is 13.5. The van der Waals surface area contributed by atoms with Crippen LogP contribution >= 0.6 is 11.6 Å². The van der Waals surface area contributed by atoms with Gasteiger partial charge in [0.2, 0.25) is 0 Å². The van der Waals surface area contributed by atoms with E-state index in [0.717, 1.165) is 0 Å². The minimum Gasteiger partial charge on any atom is -0.324 e. The summed E-state index contributed by atoms with van der Waals surface area (Å²) in [6, 6.07) is 10.9. The van der Waals surface area contributed by atoms with E-state index in [1.807, 2.05) is 0 Å². The summed E-state index contributed by atoms with van der Waals surface area (Å²) in [5.74, 6) is -3.47. The van der Waals surface area contributed by atoms with Crippen LogP contribution in [0.2, 0.25) is 5.02 Å². The van der Waals surface area contributed by atoms with Crippen LogP contribution in [0, 0.1) is 0 Å². The van der Waals surface area contributed by atoms with Gasteiger partial charge < -0.3 is 4.84 Å². The highest BCUT2D eigenvalue weighted by molar-refractivity contribution is 6.30. The summed E-state index contributed by atoms with van der Waals surface area (Å²) in [6.45, 7) is 0. The third-order valence-electron chi connectivity index (χ3n) is 4.26. The monoisotopic (exact) mass is 435 g/mol. The summed E-state index contributed by atoms with van der Waals surface area (Å²) in [6.07, 6.45) is -4.34. The second-order valence-electron chi connectivity index (χ2n) is 6.12. The molecule has 3 aromatic rings. The van der Waals surface area contributed by atoms with E-state index in [4.69, 9.17) is 16.4 Å². The van der Waals surface area contributed by atoms with Crippen LogP contribution in [0.15, 0.2) is 54.7 Å². The quantitative estimate of drug-likeness (QED) is 0.583. The molecule has 0 spiro atoms. The highest BCUT2D eigenvalue weighted by atomic mass is 35.5. The number of fused-ring (bicyclic) bond motifs is 1. The number of hydrogen-bond donors (Lipinski definition) is 0. The van der Waals surface area contributed by atoms with Crippen molar-refractivity contribution < 1.29 is 32.4 Å². The van der Waals surface area contributed by atoms with Crippen LogP contribution in [0.3, 0.4) is 0 Å². The maximum Gasteiger partial charge on any atom is 0.434 e. The van der Waals surface area contributed by atoms with Crippen LogP contribution in [-0.2, 0) is 11.0 Å². The number of imide groups is 1. The number of rotatable bonds is 3. The molecule has 2 heterocycles. The fourth-order valence-electron chi connectivity index (χ4n) is 2.93. The van der Waals surface area contributed by atoms with Crippen molar-refractivity contribution in [2.45, 2.75) is 6.18 Å². The molecule has 0 radical (unpaired) electrons. The number of hydrogen-bond acceptors (Lipinski definition) is 5. The first-order valence-electron chi connectivity index (χ1n) is 8.30. The number of nitrogens with zero attached hydrogens (tertiary/aromatic N) is 3. The fraction of sp³-hybridized carbons (Fsp3) is 0.0526.